The van der Waals surface area contributed by atoms with Gasteiger partial charge >= 0.3 is 0 Å². The summed E-state index contributed by atoms with van der Waals surface area (Å²) in [7, 11) is 4.92. The minimum absolute atomic E-state index is 0.00105. The lowest BCUT2D eigenvalue weighted by atomic mass is 9.98. The Morgan fingerprint density at radius 3 is 2.50 bits per heavy atom. The number of halogens is 1. The number of ether oxygens (including phenoxy) is 3. The molecule has 0 aliphatic carbocycles. The van der Waals surface area contributed by atoms with Crippen LogP contribution in [0.1, 0.15) is 21.5 Å². The lowest BCUT2D eigenvalue weighted by molar-refractivity contribution is 0.0736. The van der Waals surface area contributed by atoms with E-state index in [1.54, 1.807) is 21.3 Å². The molecule has 2 aromatic carbocycles. The minimum Gasteiger partial charge on any atom is -0.493 e. The fourth-order valence-electron chi connectivity index (χ4n) is 4.04. The van der Waals surface area contributed by atoms with Crippen molar-refractivity contribution in [3.8, 4) is 11.5 Å². The van der Waals surface area contributed by atoms with Crippen LogP contribution in [0.25, 0.3) is 10.9 Å². The highest BCUT2D eigenvalue weighted by Crippen LogP contribution is 2.34. The molecule has 1 aromatic heterocycles. The van der Waals surface area contributed by atoms with Crippen LogP contribution in [0.15, 0.2) is 36.5 Å². The van der Waals surface area contributed by atoms with Crippen LogP contribution >= 0.6 is 11.6 Å². The maximum absolute atomic E-state index is 13.5. The summed E-state index contributed by atoms with van der Waals surface area (Å²) in [6.07, 6.45) is 2.68. The number of hydrogen-bond acceptors (Lipinski definition) is 4. The second-order valence-electron chi connectivity index (χ2n) is 7.34. The van der Waals surface area contributed by atoms with Gasteiger partial charge in [0.05, 0.1) is 26.4 Å². The van der Waals surface area contributed by atoms with E-state index in [1.165, 1.54) is 5.56 Å². The predicted molar refractivity (Wildman–Crippen MR) is 117 cm³/mol. The molecule has 0 bridgehead atoms. The summed E-state index contributed by atoms with van der Waals surface area (Å²) in [6, 6.07) is 9.63. The van der Waals surface area contributed by atoms with Crippen LogP contribution in [0.5, 0.6) is 11.5 Å². The van der Waals surface area contributed by atoms with Crippen molar-refractivity contribution in [3.05, 3.63) is 58.2 Å². The molecule has 0 atom stereocenters. The van der Waals surface area contributed by atoms with Gasteiger partial charge in [0.1, 0.15) is 0 Å². The summed E-state index contributed by atoms with van der Waals surface area (Å²) in [5.41, 5.74) is 3.90. The SMILES string of the molecule is COCCn1cc(C(=O)N2CCc3cc(OC)c(OC)cc3C2)c2cc(Cl)ccc21. The summed E-state index contributed by atoms with van der Waals surface area (Å²) in [4.78, 5) is 15.4. The minimum atomic E-state index is -0.00105. The van der Waals surface area contributed by atoms with Gasteiger partial charge in [-0.25, -0.2) is 0 Å². The number of fused-ring (bicyclic) bond motifs is 2. The van der Waals surface area contributed by atoms with Gasteiger partial charge in [-0.1, -0.05) is 11.6 Å². The number of hydrogen-bond donors (Lipinski definition) is 0. The molecule has 158 valence electrons. The van der Waals surface area contributed by atoms with E-state index in [2.05, 4.69) is 0 Å². The molecule has 0 saturated carbocycles. The summed E-state index contributed by atoms with van der Waals surface area (Å²) < 4.78 is 18.1. The van der Waals surface area contributed by atoms with Gasteiger partial charge in [-0.05, 0) is 47.9 Å². The quantitative estimate of drug-likeness (QED) is 0.591. The van der Waals surface area contributed by atoms with E-state index in [0.717, 1.165) is 22.9 Å². The fourth-order valence-corrected chi connectivity index (χ4v) is 4.21. The van der Waals surface area contributed by atoms with E-state index in [9.17, 15) is 4.79 Å². The first-order chi connectivity index (χ1) is 14.5. The van der Waals surface area contributed by atoms with Gasteiger partial charge in [0.25, 0.3) is 5.91 Å². The van der Waals surface area contributed by atoms with Gasteiger partial charge in [-0.3, -0.25) is 4.79 Å². The van der Waals surface area contributed by atoms with Gasteiger partial charge in [0.15, 0.2) is 11.5 Å². The third kappa shape index (κ3) is 3.73. The smallest absolute Gasteiger partial charge is 0.256 e. The lowest BCUT2D eigenvalue weighted by Gasteiger charge is -2.29. The van der Waals surface area contributed by atoms with Crippen LogP contribution in [-0.4, -0.2) is 49.9 Å². The average molecular weight is 429 g/mol. The van der Waals surface area contributed by atoms with Crippen LogP contribution in [0.4, 0.5) is 0 Å². The molecule has 0 unspecified atom stereocenters. The largest absolute Gasteiger partial charge is 0.493 e. The monoisotopic (exact) mass is 428 g/mol. The molecule has 2 heterocycles. The molecular formula is C23H25ClN2O4. The Labute approximate surface area is 180 Å². The first kappa shape index (κ1) is 20.6. The van der Waals surface area contributed by atoms with Gasteiger partial charge in [-0.15, -0.1) is 0 Å². The molecule has 30 heavy (non-hydrogen) atoms. The zero-order valence-corrected chi connectivity index (χ0v) is 18.2. The van der Waals surface area contributed by atoms with Crippen LogP contribution in [0.3, 0.4) is 0 Å². The molecule has 3 aromatic rings. The zero-order chi connectivity index (χ0) is 21.3. The van der Waals surface area contributed by atoms with Crippen LogP contribution in [-0.2, 0) is 24.2 Å². The average Bonchev–Trinajstić information content (AvgIpc) is 3.13. The standard InChI is InChI=1S/C23H25ClN2O4/c1-28-9-8-25-14-19(18-12-17(24)4-5-20(18)25)23(27)26-7-6-15-10-21(29-2)22(30-3)11-16(15)13-26/h4-5,10-12,14H,6-9,13H2,1-3H3. The lowest BCUT2D eigenvalue weighted by Crippen LogP contribution is -2.36. The Morgan fingerprint density at radius 2 is 1.80 bits per heavy atom. The maximum atomic E-state index is 13.5. The number of amides is 1. The number of rotatable bonds is 6. The second kappa shape index (κ2) is 8.58. The van der Waals surface area contributed by atoms with Crippen LogP contribution in [0, 0.1) is 0 Å². The summed E-state index contributed by atoms with van der Waals surface area (Å²) in [6.45, 7) is 2.41. The van der Waals surface area contributed by atoms with Crippen LogP contribution < -0.4 is 9.47 Å². The number of nitrogens with zero attached hydrogens (tertiary/aromatic N) is 2. The van der Waals surface area contributed by atoms with Gasteiger partial charge < -0.3 is 23.7 Å². The molecule has 1 aliphatic heterocycles. The molecule has 0 radical (unpaired) electrons. The molecular weight excluding hydrogens is 404 g/mol. The highest BCUT2D eigenvalue weighted by Gasteiger charge is 2.26. The van der Waals surface area contributed by atoms with Gasteiger partial charge in [0, 0.05) is 48.9 Å². The van der Waals surface area contributed by atoms with Crippen molar-refractivity contribution >= 4 is 28.4 Å². The third-order valence-electron chi connectivity index (χ3n) is 5.62. The van der Waals surface area contributed by atoms with Crippen molar-refractivity contribution in [2.45, 2.75) is 19.5 Å². The van der Waals surface area contributed by atoms with Crippen molar-refractivity contribution in [3.63, 3.8) is 0 Å². The van der Waals surface area contributed by atoms with Crippen molar-refractivity contribution in [2.75, 3.05) is 34.5 Å². The van der Waals surface area contributed by atoms with E-state index < -0.39 is 0 Å². The summed E-state index contributed by atoms with van der Waals surface area (Å²) >= 11 is 6.24. The number of benzene rings is 2. The number of carbonyl (C=O) groups is 1. The van der Waals surface area contributed by atoms with Gasteiger partial charge in [0.2, 0.25) is 0 Å². The fraction of sp³-hybridized carbons (Fsp3) is 0.348. The number of methoxy groups -OCH3 is 3. The van der Waals surface area contributed by atoms with E-state index in [4.69, 9.17) is 25.8 Å². The van der Waals surface area contributed by atoms with E-state index in [1.807, 2.05) is 46.0 Å². The third-order valence-corrected chi connectivity index (χ3v) is 5.85. The second-order valence-corrected chi connectivity index (χ2v) is 7.78. The van der Waals surface area contributed by atoms with Crippen molar-refractivity contribution < 1.29 is 19.0 Å². The van der Waals surface area contributed by atoms with E-state index in [0.29, 0.717) is 48.3 Å². The summed E-state index contributed by atoms with van der Waals surface area (Å²) in [5, 5.41) is 1.48. The van der Waals surface area contributed by atoms with Crippen molar-refractivity contribution in [1.29, 1.82) is 0 Å². The highest BCUT2D eigenvalue weighted by molar-refractivity contribution is 6.31. The van der Waals surface area contributed by atoms with E-state index >= 15 is 0 Å². The topological polar surface area (TPSA) is 52.9 Å². The van der Waals surface area contributed by atoms with Crippen molar-refractivity contribution in [1.82, 2.24) is 9.47 Å². The Hall–Kier alpha value is -2.70. The molecule has 0 spiro atoms. The number of carbonyl (C=O) groups excluding carboxylic acids is 1. The molecule has 0 saturated heterocycles. The summed E-state index contributed by atoms with van der Waals surface area (Å²) in [5.74, 6) is 1.39. The Balaban J connectivity index is 1.67. The molecule has 6 nitrogen and oxygen atoms in total. The molecule has 0 N–H and O–H groups in total. The first-order valence-corrected chi connectivity index (χ1v) is 10.2. The highest BCUT2D eigenvalue weighted by atomic mass is 35.5. The Bertz CT molecular complexity index is 1090. The number of aromatic nitrogens is 1. The molecule has 7 heteroatoms. The molecule has 4 rings (SSSR count). The molecule has 1 amide bonds. The Morgan fingerprint density at radius 1 is 1.07 bits per heavy atom. The predicted octanol–water partition coefficient (Wildman–Crippen LogP) is 4.16. The normalized spacial score (nSPS) is 13.4. The molecule has 1 aliphatic rings. The first-order valence-electron chi connectivity index (χ1n) is 9.86. The van der Waals surface area contributed by atoms with E-state index in [-0.39, 0.29) is 5.91 Å². The molecule has 0 fully saturated rings. The van der Waals surface area contributed by atoms with Crippen molar-refractivity contribution in [2.24, 2.45) is 0 Å². The zero-order valence-electron chi connectivity index (χ0n) is 17.4. The maximum Gasteiger partial charge on any atom is 0.256 e. The Kier molecular flexibility index (Phi) is 5.88. The van der Waals surface area contributed by atoms with Crippen LogP contribution in [0.2, 0.25) is 5.02 Å². The van der Waals surface area contributed by atoms with Gasteiger partial charge in [-0.2, -0.15) is 0 Å².